The number of imidazole rings is 1. The molecular weight excluding hydrogens is 488 g/mol. The number of nitrogens with one attached hydrogen (secondary N) is 3. The van der Waals surface area contributed by atoms with E-state index in [1.807, 2.05) is 10.8 Å². The topological polar surface area (TPSA) is 129 Å². The zero-order chi connectivity index (χ0) is 26.2. The van der Waals surface area contributed by atoms with Crippen LogP contribution in [0.25, 0.3) is 0 Å². The molecule has 0 fully saturated rings. The molecule has 0 saturated heterocycles. The van der Waals surface area contributed by atoms with Crippen molar-refractivity contribution in [2.45, 2.75) is 13.0 Å². The maximum atomic E-state index is 12.5. The number of hydrogen-bond acceptors (Lipinski definition) is 7. The lowest BCUT2D eigenvalue weighted by molar-refractivity contribution is 0.0947. The van der Waals surface area contributed by atoms with Crippen LogP contribution in [-0.4, -0.2) is 46.2 Å². The van der Waals surface area contributed by atoms with Crippen molar-refractivity contribution in [1.29, 1.82) is 0 Å². The van der Waals surface area contributed by atoms with Gasteiger partial charge in [0.2, 0.25) is 0 Å². The molecule has 0 spiro atoms. The van der Waals surface area contributed by atoms with Gasteiger partial charge in [-0.2, -0.15) is 0 Å². The molecule has 0 atom stereocenters. The highest BCUT2D eigenvalue weighted by Gasteiger charge is 2.13. The molecule has 3 N–H and O–H groups in total. The predicted octanol–water partition coefficient (Wildman–Crippen LogP) is 4.31. The van der Waals surface area contributed by atoms with Crippen molar-refractivity contribution in [3.05, 3.63) is 85.2 Å². The molecule has 0 unspecified atom stereocenters. The fraction of sp³-hybridized carbons (Fsp3) is 0.185. The zero-order valence-electron chi connectivity index (χ0n) is 20.4. The summed E-state index contributed by atoms with van der Waals surface area (Å²) in [5, 5.41) is 8.40. The average Bonchev–Trinajstić information content (AvgIpc) is 3.46. The van der Waals surface area contributed by atoms with Crippen LogP contribution in [0, 0.1) is 0 Å². The van der Waals surface area contributed by atoms with E-state index in [0.29, 0.717) is 54.1 Å². The molecule has 0 aliphatic carbocycles. The number of anilines is 2. The van der Waals surface area contributed by atoms with Crippen LogP contribution in [0.3, 0.4) is 0 Å². The van der Waals surface area contributed by atoms with E-state index < -0.39 is 6.03 Å². The Kier molecular flexibility index (Phi) is 7.64. The van der Waals surface area contributed by atoms with Crippen LogP contribution in [0.1, 0.15) is 16.9 Å². The lowest BCUT2D eigenvalue weighted by Gasteiger charge is -2.19. The Hall–Kier alpha value is -5.06. The number of hydrogen-bond donors (Lipinski definition) is 3. The number of aromatic nitrogens is 3. The summed E-state index contributed by atoms with van der Waals surface area (Å²) in [5.41, 5.74) is 1.43. The third kappa shape index (κ3) is 6.58. The van der Waals surface area contributed by atoms with Crippen molar-refractivity contribution in [3.63, 3.8) is 0 Å². The van der Waals surface area contributed by atoms with E-state index in [1.54, 1.807) is 67.1 Å². The molecule has 3 heterocycles. The molecule has 1 aliphatic heterocycles. The van der Waals surface area contributed by atoms with E-state index in [9.17, 15) is 9.59 Å². The summed E-state index contributed by atoms with van der Waals surface area (Å²) in [6.45, 7) is 2.26. The molecule has 38 heavy (non-hydrogen) atoms. The van der Waals surface area contributed by atoms with Gasteiger partial charge < -0.3 is 34.7 Å². The number of carbonyl (C=O) groups excluding carboxylic acids is 2. The van der Waals surface area contributed by atoms with E-state index in [0.717, 1.165) is 13.0 Å². The van der Waals surface area contributed by atoms with Crippen LogP contribution in [0.2, 0.25) is 0 Å². The minimum atomic E-state index is -0.398. The summed E-state index contributed by atoms with van der Waals surface area (Å²) >= 11 is 0. The van der Waals surface area contributed by atoms with Gasteiger partial charge in [0.05, 0.1) is 6.33 Å². The molecule has 11 nitrogen and oxygen atoms in total. The smallest absolute Gasteiger partial charge is 0.323 e. The number of nitrogens with zero attached hydrogens (tertiary/aromatic N) is 3. The van der Waals surface area contributed by atoms with Gasteiger partial charge >= 0.3 is 6.03 Å². The van der Waals surface area contributed by atoms with Gasteiger partial charge in [0.1, 0.15) is 30.4 Å². The second kappa shape index (κ2) is 11.8. The van der Waals surface area contributed by atoms with E-state index in [4.69, 9.17) is 14.2 Å². The van der Waals surface area contributed by atoms with Gasteiger partial charge in [0.25, 0.3) is 5.91 Å². The molecule has 2 aromatic heterocycles. The molecule has 0 bridgehead atoms. The minimum Gasteiger partial charge on any atom is -0.486 e. The van der Waals surface area contributed by atoms with E-state index in [1.165, 1.54) is 6.20 Å². The number of carbonyl (C=O) groups is 2. The Morgan fingerprint density at radius 1 is 0.895 bits per heavy atom. The first-order chi connectivity index (χ1) is 18.6. The van der Waals surface area contributed by atoms with Crippen LogP contribution < -0.4 is 30.2 Å². The molecule has 5 rings (SSSR count). The Morgan fingerprint density at radius 2 is 1.68 bits per heavy atom. The van der Waals surface area contributed by atoms with Gasteiger partial charge in [-0.1, -0.05) is 0 Å². The quantitative estimate of drug-likeness (QED) is 0.284. The molecule has 11 heteroatoms. The summed E-state index contributed by atoms with van der Waals surface area (Å²) in [7, 11) is 0. The fourth-order valence-electron chi connectivity index (χ4n) is 3.73. The Bertz CT molecular complexity index is 1390. The molecular formula is C27H26N6O5. The number of fused-ring (bicyclic) bond motifs is 1. The number of rotatable bonds is 9. The Labute approximate surface area is 218 Å². The van der Waals surface area contributed by atoms with Crippen molar-refractivity contribution in [2.75, 3.05) is 30.4 Å². The Morgan fingerprint density at radius 3 is 2.50 bits per heavy atom. The molecule has 0 saturated carbocycles. The second-order valence-electron chi connectivity index (χ2n) is 8.35. The lowest BCUT2D eigenvalue weighted by atomic mass is 10.2. The standard InChI is InChI=1S/C27H26N6O5/c34-26(30-9-1-12-33-13-11-28-18-33)23-17-22(8-10-29-23)38-21-5-2-19(3-6-21)31-27(35)32-20-4-7-24-25(16-20)37-15-14-36-24/h2-8,10-11,13,16-18H,1,9,12,14-15H2,(H,30,34)(H2,31,32,35). The molecule has 1 aliphatic rings. The van der Waals surface area contributed by atoms with Crippen molar-refractivity contribution in [1.82, 2.24) is 19.9 Å². The molecule has 2 aromatic carbocycles. The van der Waals surface area contributed by atoms with Gasteiger partial charge in [-0.25, -0.2) is 9.78 Å². The highest BCUT2D eigenvalue weighted by molar-refractivity contribution is 6.00. The van der Waals surface area contributed by atoms with Crippen LogP contribution in [0.4, 0.5) is 16.2 Å². The fourth-order valence-corrected chi connectivity index (χ4v) is 3.73. The molecule has 0 radical (unpaired) electrons. The summed E-state index contributed by atoms with van der Waals surface area (Å²) in [6.07, 6.45) is 7.63. The predicted molar refractivity (Wildman–Crippen MR) is 140 cm³/mol. The highest BCUT2D eigenvalue weighted by atomic mass is 16.6. The van der Waals surface area contributed by atoms with Crippen molar-refractivity contribution >= 4 is 23.3 Å². The molecule has 4 aromatic rings. The van der Waals surface area contributed by atoms with E-state index in [2.05, 4.69) is 25.9 Å². The maximum Gasteiger partial charge on any atom is 0.323 e. The summed E-state index contributed by atoms with van der Waals surface area (Å²) < 4.78 is 18.9. The number of ether oxygens (including phenoxy) is 3. The van der Waals surface area contributed by atoms with Crippen LogP contribution in [-0.2, 0) is 6.54 Å². The number of benzene rings is 2. The first-order valence-corrected chi connectivity index (χ1v) is 12.1. The normalized spacial score (nSPS) is 11.9. The van der Waals surface area contributed by atoms with Gasteiger partial charge in [-0.15, -0.1) is 0 Å². The van der Waals surface area contributed by atoms with Gasteiger partial charge in [0, 0.05) is 55.2 Å². The summed E-state index contributed by atoms with van der Waals surface area (Å²) in [4.78, 5) is 33.0. The number of urea groups is 1. The first kappa shape index (κ1) is 24.6. The number of aryl methyl sites for hydroxylation is 1. The SMILES string of the molecule is O=C(Nc1ccc(Oc2ccnc(C(=O)NCCCn3ccnc3)c2)cc1)Nc1ccc2c(c1)OCCO2. The monoisotopic (exact) mass is 514 g/mol. The minimum absolute atomic E-state index is 0.263. The Balaban J connectivity index is 1.10. The third-order valence-electron chi connectivity index (χ3n) is 5.55. The first-order valence-electron chi connectivity index (χ1n) is 12.1. The average molecular weight is 515 g/mol. The van der Waals surface area contributed by atoms with E-state index >= 15 is 0 Å². The van der Waals surface area contributed by atoms with E-state index in [-0.39, 0.29) is 11.6 Å². The summed E-state index contributed by atoms with van der Waals surface area (Å²) in [5.74, 6) is 1.99. The van der Waals surface area contributed by atoms with Crippen LogP contribution in [0.15, 0.2) is 79.5 Å². The highest BCUT2D eigenvalue weighted by Crippen LogP contribution is 2.32. The van der Waals surface area contributed by atoms with Crippen molar-refractivity contribution < 1.29 is 23.8 Å². The second-order valence-corrected chi connectivity index (χ2v) is 8.35. The van der Waals surface area contributed by atoms with Crippen LogP contribution in [0.5, 0.6) is 23.0 Å². The van der Waals surface area contributed by atoms with Crippen LogP contribution >= 0.6 is 0 Å². The zero-order valence-corrected chi connectivity index (χ0v) is 20.4. The van der Waals surface area contributed by atoms with Gasteiger partial charge in [-0.3, -0.25) is 9.78 Å². The molecule has 194 valence electrons. The van der Waals surface area contributed by atoms with Crippen molar-refractivity contribution in [3.8, 4) is 23.0 Å². The third-order valence-corrected chi connectivity index (χ3v) is 5.55. The lowest BCUT2D eigenvalue weighted by Crippen LogP contribution is -2.26. The van der Waals surface area contributed by atoms with Gasteiger partial charge in [0.15, 0.2) is 11.5 Å². The maximum absolute atomic E-state index is 12.5. The number of pyridine rings is 1. The van der Waals surface area contributed by atoms with Crippen molar-refractivity contribution in [2.24, 2.45) is 0 Å². The molecule has 3 amide bonds. The largest absolute Gasteiger partial charge is 0.486 e. The number of amides is 3. The van der Waals surface area contributed by atoms with Gasteiger partial charge in [-0.05, 0) is 48.9 Å². The summed E-state index contributed by atoms with van der Waals surface area (Å²) in [6, 6.07) is 14.9.